The first-order chi connectivity index (χ1) is 9.52. The normalized spacial score (nSPS) is 12.3. The Morgan fingerprint density at radius 1 is 1.40 bits per heavy atom. The minimum atomic E-state index is -0.899. The van der Waals surface area contributed by atoms with Crippen LogP contribution in [0, 0.1) is 5.82 Å². The number of rotatable bonds is 5. The highest BCUT2D eigenvalue weighted by Crippen LogP contribution is 2.26. The minimum Gasteiger partial charge on any atom is -0.480 e. The molecule has 1 atom stereocenters. The van der Waals surface area contributed by atoms with E-state index in [2.05, 4.69) is 10.2 Å². The van der Waals surface area contributed by atoms with Crippen molar-refractivity contribution in [2.24, 2.45) is 0 Å². The summed E-state index contributed by atoms with van der Waals surface area (Å²) in [5, 5.41) is 17.0. The summed E-state index contributed by atoms with van der Waals surface area (Å²) in [5.41, 5.74) is 0.746. The summed E-state index contributed by atoms with van der Waals surface area (Å²) >= 11 is 1.14. The molecular formula is C13H14FN3O2S. The zero-order valence-electron chi connectivity index (χ0n) is 11.1. The molecule has 1 aromatic carbocycles. The number of carbonyl (C=O) groups is 1. The molecule has 1 heterocycles. The van der Waals surface area contributed by atoms with Crippen LogP contribution in [-0.2, 0) is 11.3 Å². The third-order valence-electron chi connectivity index (χ3n) is 2.77. The highest BCUT2D eigenvalue weighted by Gasteiger charge is 2.19. The third kappa shape index (κ3) is 2.98. The van der Waals surface area contributed by atoms with Crippen molar-refractivity contribution in [1.29, 1.82) is 0 Å². The molecule has 1 N–H and O–H groups in total. The SMILES string of the molecule is CCn1c(SC(C)C(=O)O)nnc1-c1ccc(F)cc1. The third-order valence-corrected chi connectivity index (χ3v) is 3.83. The number of aromatic nitrogens is 3. The molecular weight excluding hydrogens is 281 g/mol. The average molecular weight is 295 g/mol. The van der Waals surface area contributed by atoms with E-state index in [0.717, 1.165) is 17.3 Å². The number of thioether (sulfide) groups is 1. The summed E-state index contributed by atoms with van der Waals surface area (Å²) in [5.74, 6) is -0.609. The molecule has 0 spiro atoms. The maximum atomic E-state index is 12.9. The zero-order chi connectivity index (χ0) is 14.7. The molecule has 0 aliphatic rings. The molecule has 0 saturated carbocycles. The Morgan fingerprint density at radius 3 is 2.60 bits per heavy atom. The first-order valence-electron chi connectivity index (χ1n) is 6.11. The monoisotopic (exact) mass is 295 g/mol. The Bertz CT molecular complexity index is 613. The lowest BCUT2D eigenvalue weighted by Crippen LogP contribution is -2.13. The molecule has 1 unspecified atom stereocenters. The van der Waals surface area contributed by atoms with Crippen molar-refractivity contribution in [3.63, 3.8) is 0 Å². The lowest BCUT2D eigenvalue weighted by atomic mass is 10.2. The van der Waals surface area contributed by atoms with Crippen LogP contribution in [0.1, 0.15) is 13.8 Å². The maximum absolute atomic E-state index is 12.9. The van der Waals surface area contributed by atoms with Gasteiger partial charge in [0.25, 0.3) is 0 Å². The van der Waals surface area contributed by atoms with Crippen molar-refractivity contribution >= 4 is 17.7 Å². The van der Waals surface area contributed by atoms with E-state index < -0.39 is 11.2 Å². The van der Waals surface area contributed by atoms with Gasteiger partial charge in [0, 0.05) is 12.1 Å². The second kappa shape index (κ2) is 6.04. The fourth-order valence-electron chi connectivity index (χ4n) is 1.68. The quantitative estimate of drug-likeness (QED) is 0.859. The number of benzene rings is 1. The molecule has 0 aliphatic carbocycles. The molecule has 2 rings (SSSR count). The van der Waals surface area contributed by atoms with Gasteiger partial charge in [-0.25, -0.2) is 4.39 Å². The summed E-state index contributed by atoms with van der Waals surface area (Å²) < 4.78 is 14.8. The highest BCUT2D eigenvalue weighted by molar-refractivity contribution is 8.00. The number of hydrogen-bond donors (Lipinski definition) is 1. The standard InChI is InChI=1S/C13H14FN3O2S/c1-3-17-11(9-4-6-10(14)7-5-9)15-16-13(17)20-8(2)12(18)19/h4-8H,3H2,1-2H3,(H,18,19). The summed E-state index contributed by atoms with van der Waals surface area (Å²) in [7, 11) is 0. The summed E-state index contributed by atoms with van der Waals surface area (Å²) in [6.45, 7) is 4.12. The van der Waals surface area contributed by atoms with Gasteiger partial charge >= 0.3 is 5.97 Å². The first kappa shape index (κ1) is 14.5. The lowest BCUT2D eigenvalue weighted by Gasteiger charge is -2.09. The van der Waals surface area contributed by atoms with Crippen molar-refractivity contribution in [2.45, 2.75) is 30.8 Å². The van der Waals surface area contributed by atoms with E-state index >= 15 is 0 Å². The van der Waals surface area contributed by atoms with Crippen LogP contribution < -0.4 is 0 Å². The molecule has 0 saturated heterocycles. The number of aliphatic carboxylic acids is 1. The molecule has 20 heavy (non-hydrogen) atoms. The molecule has 0 aliphatic heterocycles. The van der Waals surface area contributed by atoms with Gasteiger partial charge < -0.3 is 9.67 Å². The Labute approximate surface area is 119 Å². The van der Waals surface area contributed by atoms with Crippen LogP contribution >= 0.6 is 11.8 Å². The van der Waals surface area contributed by atoms with Gasteiger partial charge in [-0.15, -0.1) is 10.2 Å². The van der Waals surface area contributed by atoms with Gasteiger partial charge in [0.05, 0.1) is 0 Å². The van der Waals surface area contributed by atoms with Crippen molar-refractivity contribution < 1.29 is 14.3 Å². The lowest BCUT2D eigenvalue weighted by molar-refractivity contribution is -0.136. The largest absolute Gasteiger partial charge is 0.480 e. The van der Waals surface area contributed by atoms with Gasteiger partial charge in [-0.2, -0.15) is 0 Å². The van der Waals surface area contributed by atoms with Crippen LogP contribution in [0.2, 0.25) is 0 Å². The maximum Gasteiger partial charge on any atom is 0.316 e. The Balaban J connectivity index is 2.34. The Kier molecular flexibility index (Phi) is 4.39. The van der Waals surface area contributed by atoms with Crippen LogP contribution in [-0.4, -0.2) is 31.1 Å². The predicted molar refractivity (Wildman–Crippen MR) is 74.0 cm³/mol. The number of carboxylic acids is 1. The van der Waals surface area contributed by atoms with Gasteiger partial charge in [-0.05, 0) is 38.1 Å². The molecule has 2 aromatic rings. The van der Waals surface area contributed by atoms with E-state index in [4.69, 9.17) is 5.11 Å². The molecule has 1 aromatic heterocycles. The highest BCUT2D eigenvalue weighted by atomic mass is 32.2. The summed E-state index contributed by atoms with van der Waals surface area (Å²) in [6, 6.07) is 5.97. The van der Waals surface area contributed by atoms with Gasteiger partial charge in [0.2, 0.25) is 0 Å². The van der Waals surface area contributed by atoms with E-state index in [0.29, 0.717) is 17.5 Å². The van der Waals surface area contributed by atoms with Crippen LogP contribution in [0.15, 0.2) is 29.4 Å². The van der Waals surface area contributed by atoms with E-state index in [1.165, 1.54) is 12.1 Å². The number of carboxylic acid groups (broad SMARTS) is 1. The fraction of sp³-hybridized carbons (Fsp3) is 0.308. The smallest absolute Gasteiger partial charge is 0.316 e. The fourth-order valence-corrected chi connectivity index (χ4v) is 2.53. The van der Waals surface area contributed by atoms with E-state index in [-0.39, 0.29) is 5.82 Å². The van der Waals surface area contributed by atoms with E-state index in [1.54, 1.807) is 19.1 Å². The van der Waals surface area contributed by atoms with Crippen LogP contribution in [0.25, 0.3) is 11.4 Å². The van der Waals surface area contributed by atoms with Gasteiger partial charge in [-0.3, -0.25) is 4.79 Å². The molecule has 5 nitrogen and oxygen atoms in total. The number of nitrogens with zero attached hydrogens (tertiary/aromatic N) is 3. The first-order valence-corrected chi connectivity index (χ1v) is 6.99. The second-order valence-corrected chi connectivity index (χ2v) is 5.46. The van der Waals surface area contributed by atoms with Crippen LogP contribution in [0.4, 0.5) is 4.39 Å². The molecule has 0 amide bonds. The van der Waals surface area contributed by atoms with Crippen LogP contribution in [0.3, 0.4) is 0 Å². The van der Waals surface area contributed by atoms with Crippen molar-refractivity contribution in [3.8, 4) is 11.4 Å². The van der Waals surface area contributed by atoms with E-state index in [1.807, 2.05) is 11.5 Å². The molecule has 0 radical (unpaired) electrons. The van der Waals surface area contributed by atoms with Crippen LogP contribution in [0.5, 0.6) is 0 Å². The topological polar surface area (TPSA) is 68.0 Å². The average Bonchev–Trinajstić information content (AvgIpc) is 2.82. The molecule has 106 valence electrons. The summed E-state index contributed by atoms with van der Waals surface area (Å²) in [4.78, 5) is 10.9. The molecule has 7 heteroatoms. The predicted octanol–water partition coefficient (Wildman–Crippen LogP) is 2.67. The van der Waals surface area contributed by atoms with Crippen molar-refractivity contribution in [1.82, 2.24) is 14.8 Å². The minimum absolute atomic E-state index is 0.314. The zero-order valence-corrected chi connectivity index (χ0v) is 11.9. The van der Waals surface area contributed by atoms with E-state index in [9.17, 15) is 9.18 Å². The van der Waals surface area contributed by atoms with Crippen molar-refractivity contribution in [3.05, 3.63) is 30.1 Å². The Hall–Kier alpha value is -1.89. The molecule has 0 bridgehead atoms. The number of halogens is 1. The van der Waals surface area contributed by atoms with Crippen molar-refractivity contribution in [2.75, 3.05) is 0 Å². The molecule has 0 fully saturated rings. The van der Waals surface area contributed by atoms with Gasteiger partial charge in [-0.1, -0.05) is 11.8 Å². The van der Waals surface area contributed by atoms with Gasteiger partial charge in [0.15, 0.2) is 11.0 Å². The second-order valence-electron chi connectivity index (χ2n) is 4.16. The summed E-state index contributed by atoms with van der Waals surface area (Å²) in [6.07, 6.45) is 0. The Morgan fingerprint density at radius 2 is 2.05 bits per heavy atom. The van der Waals surface area contributed by atoms with Gasteiger partial charge in [0.1, 0.15) is 11.1 Å². The number of hydrogen-bond acceptors (Lipinski definition) is 4.